The van der Waals surface area contributed by atoms with Gasteiger partial charge in [0, 0.05) is 17.8 Å². The average Bonchev–Trinajstić information content (AvgIpc) is 2.67. The van der Waals surface area contributed by atoms with E-state index in [1.165, 1.54) is 30.3 Å². The third-order valence-electron chi connectivity index (χ3n) is 4.44. The average molecular weight is 449 g/mol. The molecule has 2 aromatic carbocycles. The number of amides is 1. The van der Waals surface area contributed by atoms with Crippen molar-refractivity contribution in [1.29, 1.82) is 0 Å². The molecule has 6 nitrogen and oxygen atoms in total. The highest BCUT2D eigenvalue weighted by Gasteiger charge is 2.47. The minimum Gasteiger partial charge on any atom is -0.387 e. The van der Waals surface area contributed by atoms with Crippen LogP contribution in [0.15, 0.2) is 47.4 Å². The number of alkyl halides is 2. The van der Waals surface area contributed by atoms with Gasteiger partial charge in [-0.2, -0.15) is 4.31 Å². The first-order chi connectivity index (χ1) is 13.5. The number of piperidine rings is 1. The zero-order chi connectivity index (χ0) is 21.4. The van der Waals surface area contributed by atoms with Crippen molar-refractivity contribution in [2.24, 2.45) is 0 Å². The first-order valence-electron chi connectivity index (χ1n) is 8.43. The van der Waals surface area contributed by atoms with E-state index in [0.29, 0.717) is 4.31 Å². The minimum atomic E-state index is -4.31. The van der Waals surface area contributed by atoms with Crippen molar-refractivity contribution in [2.45, 2.75) is 23.3 Å². The standard InChI is InChI=1S/C18H16ClF3N2O4S/c19-14-9-12(4-5-15(14)20)23-17(26)11-2-1-3-13(8-11)29(27,28)24-7-6-16(25)18(21,22)10-24/h1-5,8-9,16,25H,6-7,10H2,(H,23,26). The molecule has 1 atom stereocenters. The number of halogens is 4. The van der Waals surface area contributed by atoms with Crippen LogP contribution in [0.25, 0.3) is 0 Å². The molecule has 2 aromatic rings. The van der Waals surface area contributed by atoms with Crippen LogP contribution < -0.4 is 5.32 Å². The van der Waals surface area contributed by atoms with Crippen LogP contribution in [-0.4, -0.2) is 48.9 Å². The fourth-order valence-electron chi connectivity index (χ4n) is 2.83. The zero-order valence-corrected chi connectivity index (χ0v) is 16.4. The van der Waals surface area contributed by atoms with Crippen LogP contribution in [0.4, 0.5) is 18.9 Å². The quantitative estimate of drug-likeness (QED) is 0.752. The van der Waals surface area contributed by atoms with Gasteiger partial charge in [0.25, 0.3) is 11.8 Å². The van der Waals surface area contributed by atoms with Gasteiger partial charge >= 0.3 is 0 Å². The SMILES string of the molecule is O=C(Nc1ccc(F)c(Cl)c1)c1cccc(S(=O)(=O)N2CCC(O)C(F)(F)C2)c1. The summed E-state index contributed by atoms with van der Waals surface area (Å²) >= 11 is 5.66. The Bertz CT molecular complexity index is 1050. The zero-order valence-electron chi connectivity index (χ0n) is 14.8. The Morgan fingerprint density at radius 3 is 2.62 bits per heavy atom. The molecule has 1 unspecified atom stereocenters. The molecule has 1 saturated heterocycles. The summed E-state index contributed by atoms with van der Waals surface area (Å²) in [6, 6.07) is 8.41. The third kappa shape index (κ3) is 4.55. The summed E-state index contributed by atoms with van der Waals surface area (Å²) in [5.41, 5.74) is 0.148. The largest absolute Gasteiger partial charge is 0.387 e. The number of nitrogens with zero attached hydrogens (tertiary/aromatic N) is 1. The molecule has 3 rings (SSSR count). The predicted octanol–water partition coefficient (Wildman–Crippen LogP) is 3.12. The molecule has 1 aliphatic heterocycles. The number of carbonyl (C=O) groups is 1. The molecule has 0 bridgehead atoms. The van der Waals surface area contributed by atoms with Crippen molar-refractivity contribution in [3.05, 3.63) is 58.9 Å². The van der Waals surface area contributed by atoms with E-state index >= 15 is 0 Å². The highest BCUT2D eigenvalue weighted by molar-refractivity contribution is 7.89. The van der Waals surface area contributed by atoms with E-state index in [4.69, 9.17) is 11.6 Å². The fraction of sp³-hybridized carbons (Fsp3) is 0.278. The lowest BCUT2D eigenvalue weighted by molar-refractivity contribution is -0.136. The van der Waals surface area contributed by atoms with E-state index in [1.54, 1.807) is 0 Å². The molecule has 0 saturated carbocycles. The summed E-state index contributed by atoms with van der Waals surface area (Å²) in [6.07, 6.45) is -2.31. The first-order valence-corrected chi connectivity index (χ1v) is 10.2. The number of aliphatic hydroxyl groups is 1. The molecule has 11 heteroatoms. The number of nitrogens with one attached hydrogen (secondary N) is 1. The van der Waals surface area contributed by atoms with E-state index < -0.39 is 46.7 Å². The Hall–Kier alpha value is -2.14. The molecule has 1 amide bonds. The van der Waals surface area contributed by atoms with Crippen molar-refractivity contribution in [3.8, 4) is 0 Å². The molecular weight excluding hydrogens is 433 g/mol. The lowest BCUT2D eigenvalue weighted by Gasteiger charge is -2.35. The lowest BCUT2D eigenvalue weighted by atomic mass is 10.1. The van der Waals surface area contributed by atoms with Crippen LogP contribution in [0.3, 0.4) is 0 Å². The second-order valence-corrected chi connectivity index (χ2v) is 8.86. The number of anilines is 1. The van der Waals surface area contributed by atoms with E-state index in [9.17, 15) is 31.5 Å². The summed E-state index contributed by atoms with van der Waals surface area (Å²) in [6.45, 7) is -1.43. The predicted molar refractivity (Wildman–Crippen MR) is 100 cm³/mol. The molecule has 0 aromatic heterocycles. The van der Waals surface area contributed by atoms with Gasteiger partial charge in [-0.05, 0) is 42.8 Å². The van der Waals surface area contributed by atoms with E-state index in [0.717, 1.165) is 12.1 Å². The van der Waals surface area contributed by atoms with Gasteiger partial charge in [0.15, 0.2) is 0 Å². The van der Waals surface area contributed by atoms with Crippen LogP contribution >= 0.6 is 11.6 Å². The Balaban J connectivity index is 1.83. The van der Waals surface area contributed by atoms with Crippen LogP contribution in [0.5, 0.6) is 0 Å². The smallest absolute Gasteiger partial charge is 0.286 e. The molecule has 29 heavy (non-hydrogen) atoms. The van der Waals surface area contributed by atoms with Gasteiger partial charge in [-0.15, -0.1) is 0 Å². The van der Waals surface area contributed by atoms with Gasteiger partial charge in [0.2, 0.25) is 10.0 Å². The maximum Gasteiger partial charge on any atom is 0.286 e. The Morgan fingerprint density at radius 1 is 1.24 bits per heavy atom. The molecule has 0 aliphatic carbocycles. The molecule has 2 N–H and O–H groups in total. The normalized spacial score (nSPS) is 19.7. The van der Waals surface area contributed by atoms with Crippen LogP contribution in [0, 0.1) is 5.82 Å². The van der Waals surface area contributed by atoms with Gasteiger partial charge in [0.05, 0.1) is 16.5 Å². The van der Waals surface area contributed by atoms with E-state index in [-0.39, 0.29) is 27.7 Å². The molecule has 1 aliphatic rings. The van der Waals surface area contributed by atoms with Crippen LogP contribution in [-0.2, 0) is 10.0 Å². The Morgan fingerprint density at radius 2 is 1.97 bits per heavy atom. The maximum absolute atomic E-state index is 13.7. The number of aliphatic hydroxyl groups excluding tert-OH is 1. The second kappa shape index (κ2) is 7.94. The van der Waals surface area contributed by atoms with Crippen molar-refractivity contribution in [1.82, 2.24) is 4.31 Å². The molecular formula is C18H16ClF3N2O4S. The Labute approximate surface area is 169 Å². The highest BCUT2D eigenvalue weighted by Crippen LogP contribution is 2.31. The summed E-state index contributed by atoms with van der Waals surface area (Å²) in [5.74, 6) is -4.92. The van der Waals surface area contributed by atoms with E-state index in [1.807, 2.05) is 0 Å². The number of hydrogen-bond donors (Lipinski definition) is 2. The molecule has 0 radical (unpaired) electrons. The number of benzene rings is 2. The number of sulfonamides is 1. The summed E-state index contributed by atoms with van der Waals surface area (Å²) in [5, 5.41) is 11.6. The van der Waals surface area contributed by atoms with Gasteiger partial charge in [-0.25, -0.2) is 21.6 Å². The summed E-state index contributed by atoms with van der Waals surface area (Å²) in [4.78, 5) is 12.1. The van der Waals surface area contributed by atoms with Crippen molar-refractivity contribution in [2.75, 3.05) is 18.4 Å². The van der Waals surface area contributed by atoms with E-state index in [2.05, 4.69) is 5.32 Å². The summed E-state index contributed by atoms with van der Waals surface area (Å²) in [7, 11) is -4.31. The summed E-state index contributed by atoms with van der Waals surface area (Å²) < 4.78 is 66.7. The Kier molecular flexibility index (Phi) is 5.91. The minimum absolute atomic E-state index is 0.0460. The first kappa shape index (κ1) is 21.6. The molecule has 156 valence electrons. The number of carbonyl (C=O) groups excluding carboxylic acids is 1. The van der Waals surface area contributed by atoms with Gasteiger partial charge in [-0.3, -0.25) is 4.79 Å². The number of hydrogen-bond acceptors (Lipinski definition) is 4. The van der Waals surface area contributed by atoms with Gasteiger partial charge in [0.1, 0.15) is 11.9 Å². The molecule has 1 fully saturated rings. The topological polar surface area (TPSA) is 86.7 Å². The van der Waals surface area contributed by atoms with Crippen molar-refractivity contribution < 1.29 is 31.5 Å². The third-order valence-corrected chi connectivity index (χ3v) is 6.57. The monoisotopic (exact) mass is 448 g/mol. The van der Waals surface area contributed by atoms with Gasteiger partial charge in [-0.1, -0.05) is 17.7 Å². The fourth-order valence-corrected chi connectivity index (χ4v) is 4.52. The number of rotatable bonds is 4. The van der Waals surface area contributed by atoms with Crippen LogP contribution in [0.1, 0.15) is 16.8 Å². The highest BCUT2D eigenvalue weighted by atomic mass is 35.5. The van der Waals surface area contributed by atoms with Gasteiger partial charge < -0.3 is 10.4 Å². The van der Waals surface area contributed by atoms with Crippen molar-refractivity contribution >= 4 is 33.2 Å². The van der Waals surface area contributed by atoms with Crippen molar-refractivity contribution in [3.63, 3.8) is 0 Å². The molecule has 1 heterocycles. The second-order valence-electron chi connectivity index (χ2n) is 6.51. The maximum atomic E-state index is 13.7. The molecule has 0 spiro atoms. The lowest BCUT2D eigenvalue weighted by Crippen LogP contribution is -2.53. The van der Waals surface area contributed by atoms with Crippen LogP contribution in [0.2, 0.25) is 5.02 Å².